The molecule has 2 N–H and O–H groups in total. The van der Waals surface area contributed by atoms with Gasteiger partial charge in [-0.15, -0.1) is 4.40 Å². The summed E-state index contributed by atoms with van der Waals surface area (Å²) in [7, 11) is -3.90. The molecule has 2 aromatic rings. The summed E-state index contributed by atoms with van der Waals surface area (Å²) >= 11 is 0.722. The summed E-state index contributed by atoms with van der Waals surface area (Å²) in [4.78, 5) is 16.8. The highest BCUT2D eigenvalue weighted by molar-refractivity contribution is 8.00. The number of aromatic amines is 1. The number of para-hydroxylation sites is 1. The highest BCUT2D eigenvalue weighted by atomic mass is 32.2. The van der Waals surface area contributed by atoms with Crippen molar-refractivity contribution < 1.29 is 21.6 Å². The van der Waals surface area contributed by atoms with Gasteiger partial charge in [0.25, 0.3) is 15.6 Å². The maximum Gasteiger partial charge on any atom is 0.433 e. The Hall–Kier alpha value is -2.34. The van der Waals surface area contributed by atoms with Crippen LogP contribution in [0, 0.1) is 0 Å². The van der Waals surface area contributed by atoms with Crippen molar-refractivity contribution in [2.75, 3.05) is 11.1 Å². The summed E-state index contributed by atoms with van der Waals surface area (Å²) in [6.45, 7) is 0. The number of thioether (sulfide) groups is 1. The number of sulfonamides is 1. The number of nitrogens with one attached hydrogen (secondary N) is 2. The van der Waals surface area contributed by atoms with Gasteiger partial charge in [-0.2, -0.15) is 21.6 Å². The van der Waals surface area contributed by atoms with Crippen LogP contribution in [0.2, 0.25) is 0 Å². The number of rotatable bonds is 3. The van der Waals surface area contributed by atoms with Crippen molar-refractivity contribution in [1.82, 2.24) is 9.97 Å². The molecule has 0 spiro atoms. The fraction of sp³-hybridized carbons (Fsp3) is 0.154. The molecule has 0 saturated heterocycles. The molecular formula is C13H9F3N4O3S2. The van der Waals surface area contributed by atoms with Gasteiger partial charge in [0.05, 0.1) is 11.4 Å². The van der Waals surface area contributed by atoms with Crippen molar-refractivity contribution >= 4 is 33.3 Å². The minimum absolute atomic E-state index is 0.00866. The van der Waals surface area contributed by atoms with E-state index < -0.39 is 27.5 Å². The van der Waals surface area contributed by atoms with E-state index in [1.54, 1.807) is 12.1 Å². The highest BCUT2D eigenvalue weighted by Gasteiger charge is 2.33. The Morgan fingerprint density at radius 1 is 1.20 bits per heavy atom. The maximum atomic E-state index is 12.7. The van der Waals surface area contributed by atoms with E-state index in [0.29, 0.717) is 11.8 Å². The van der Waals surface area contributed by atoms with Gasteiger partial charge in [0.1, 0.15) is 10.7 Å². The minimum Gasteiger partial charge on any atom is -0.341 e. The molecule has 1 aromatic heterocycles. The van der Waals surface area contributed by atoms with Crippen molar-refractivity contribution in [3.8, 4) is 0 Å². The van der Waals surface area contributed by atoms with Gasteiger partial charge in [-0.3, -0.25) is 4.79 Å². The first-order valence-corrected chi connectivity index (χ1v) is 9.09. The number of hydrogen-bond donors (Lipinski definition) is 2. The first-order valence-electron chi connectivity index (χ1n) is 6.66. The first-order chi connectivity index (χ1) is 11.6. The van der Waals surface area contributed by atoms with Crippen molar-refractivity contribution in [1.29, 1.82) is 0 Å². The summed E-state index contributed by atoms with van der Waals surface area (Å²) < 4.78 is 65.7. The van der Waals surface area contributed by atoms with Crippen LogP contribution in [0.15, 0.2) is 49.6 Å². The quantitative estimate of drug-likeness (QED) is 0.614. The Labute approximate surface area is 143 Å². The zero-order valence-electron chi connectivity index (χ0n) is 12.2. The van der Waals surface area contributed by atoms with Gasteiger partial charge < -0.3 is 10.3 Å². The number of aromatic nitrogens is 2. The zero-order valence-corrected chi connectivity index (χ0v) is 13.8. The number of amidine groups is 1. The third kappa shape index (κ3) is 3.85. The Balaban J connectivity index is 1.83. The molecule has 132 valence electrons. The number of fused-ring (bicyclic) bond motifs is 1. The molecule has 2 heterocycles. The van der Waals surface area contributed by atoms with Crippen molar-refractivity contribution in [3.05, 3.63) is 46.4 Å². The third-order valence-corrected chi connectivity index (χ3v) is 5.29. The molecule has 1 aromatic carbocycles. The summed E-state index contributed by atoms with van der Waals surface area (Å²) in [5, 5.41) is 2.50. The predicted octanol–water partition coefficient (Wildman–Crippen LogP) is 2.09. The second kappa shape index (κ2) is 6.19. The summed E-state index contributed by atoms with van der Waals surface area (Å²) in [5.74, 6) is -0.110. The topological polar surface area (TPSA) is 104 Å². The van der Waals surface area contributed by atoms with Crippen molar-refractivity contribution in [2.45, 2.75) is 16.2 Å². The molecule has 0 unspecified atom stereocenters. The number of anilines is 1. The standard InChI is InChI=1S/C13H9F3N4O3S2/c14-13(15,16)9-5-11(21)19-12(18-9)24-6-10-17-7-3-1-2-4-8(7)25(22,23)20-10/h1-5H,6H2,(H,17,20)(H,18,19,21). The van der Waals surface area contributed by atoms with Gasteiger partial charge in [-0.25, -0.2) is 4.98 Å². The molecule has 12 heteroatoms. The van der Waals surface area contributed by atoms with Crippen LogP contribution < -0.4 is 10.9 Å². The minimum atomic E-state index is -4.76. The number of alkyl halides is 3. The average molecular weight is 390 g/mol. The van der Waals surface area contributed by atoms with Crippen molar-refractivity contribution in [2.24, 2.45) is 4.40 Å². The van der Waals surface area contributed by atoms with Crippen LogP contribution in [0.3, 0.4) is 0 Å². The number of nitrogens with zero attached hydrogens (tertiary/aromatic N) is 2. The van der Waals surface area contributed by atoms with Crippen LogP contribution in [0.1, 0.15) is 5.69 Å². The van der Waals surface area contributed by atoms with Crippen LogP contribution in [0.25, 0.3) is 0 Å². The summed E-state index contributed by atoms with van der Waals surface area (Å²) in [6, 6.07) is 6.45. The largest absolute Gasteiger partial charge is 0.433 e. The van der Waals surface area contributed by atoms with Crippen LogP contribution in [0.5, 0.6) is 0 Å². The lowest BCUT2D eigenvalue weighted by atomic mass is 10.3. The number of H-pyrrole nitrogens is 1. The summed E-state index contributed by atoms with van der Waals surface area (Å²) in [5.41, 5.74) is -1.96. The average Bonchev–Trinajstić information content (AvgIpc) is 2.51. The number of hydrogen-bond acceptors (Lipinski definition) is 6. The van der Waals surface area contributed by atoms with E-state index in [1.165, 1.54) is 12.1 Å². The predicted molar refractivity (Wildman–Crippen MR) is 85.3 cm³/mol. The maximum absolute atomic E-state index is 12.7. The van der Waals surface area contributed by atoms with Gasteiger partial charge in [-0.05, 0) is 12.1 Å². The van der Waals surface area contributed by atoms with E-state index in [9.17, 15) is 26.4 Å². The molecule has 0 bridgehead atoms. The van der Waals surface area contributed by atoms with Crippen LogP contribution >= 0.6 is 11.8 Å². The van der Waals surface area contributed by atoms with E-state index in [2.05, 4.69) is 19.7 Å². The molecule has 25 heavy (non-hydrogen) atoms. The lowest BCUT2D eigenvalue weighted by molar-refractivity contribution is -0.141. The first kappa shape index (κ1) is 17.5. The van der Waals surface area contributed by atoms with Gasteiger partial charge >= 0.3 is 6.18 Å². The molecular weight excluding hydrogens is 381 g/mol. The van der Waals surface area contributed by atoms with Gasteiger partial charge in [0.2, 0.25) is 0 Å². The van der Waals surface area contributed by atoms with E-state index in [1.807, 2.05) is 0 Å². The molecule has 0 radical (unpaired) electrons. The van der Waals surface area contributed by atoms with Crippen LogP contribution in [-0.4, -0.2) is 30.0 Å². The van der Waals surface area contributed by atoms with Crippen molar-refractivity contribution in [3.63, 3.8) is 0 Å². The Morgan fingerprint density at radius 2 is 1.92 bits per heavy atom. The molecule has 7 nitrogen and oxygen atoms in total. The normalized spacial score (nSPS) is 15.9. The van der Waals surface area contributed by atoms with E-state index in [-0.39, 0.29) is 21.6 Å². The fourth-order valence-corrected chi connectivity index (χ4v) is 3.99. The Kier molecular flexibility index (Phi) is 4.33. The SMILES string of the molecule is O=c1cc(C(F)(F)F)nc(SCC2=NS(=O)(=O)c3ccccc3N2)[nH]1. The second-order valence-corrected chi connectivity index (χ2v) is 7.39. The number of benzene rings is 1. The Bertz CT molecular complexity index is 1020. The van der Waals surface area contributed by atoms with Crippen LogP contribution in [0.4, 0.5) is 18.9 Å². The fourth-order valence-electron chi connectivity index (χ4n) is 2.02. The van der Waals surface area contributed by atoms with Crippen LogP contribution in [-0.2, 0) is 16.2 Å². The second-order valence-electron chi connectivity index (χ2n) is 4.86. The smallest absolute Gasteiger partial charge is 0.341 e. The zero-order chi connectivity index (χ0) is 18.2. The molecule has 0 amide bonds. The Morgan fingerprint density at radius 3 is 2.64 bits per heavy atom. The van der Waals surface area contributed by atoms with Gasteiger partial charge in [0, 0.05) is 6.07 Å². The molecule has 3 rings (SSSR count). The molecule has 0 fully saturated rings. The lowest BCUT2D eigenvalue weighted by Gasteiger charge is -2.17. The number of halogens is 3. The summed E-state index contributed by atoms with van der Waals surface area (Å²) in [6.07, 6.45) is -4.76. The van der Waals surface area contributed by atoms with E-state index in [0.717, 1.165) is 11.8 Å². The molecule has 0 aliphatic carbocycles. The molecule has 1 aliphatic rings. The van der Waals surface area contributed by atoms with Gasteiger partial charge in [0.15, 0.2) is 10.9 Å². The molecule has 0 saturated carbocycles. The molecule has 1 aliphatic heterocycles. The highest BCUT2D eigenvalue weighted by Crippen LogP contribution is 2.29. The monoisotopic (exact) mass is 390 g/mol. The van der Waals surface area contributed by atoms with E-state index >= 15 is 0 Å². The van der Waals surface area contributed by atoms with Gasteiger partial charge in [-0.1, -0.05) is 23.9 Å². The lowest BCUT2D eigenvalue weighted by Crippen LogP contribution is -2.24. The molecule has 0 atom stereocenters. The third-order valence-electron chi connectivity index (χ3n) is 3.03. The van der Waals surface area contributed by atoms with E-state index in [4.69, 9.17) is 0 Å².